The van der Waals surface area contributed by atoms with Crippen molar-refractivity contribution in [2.45, 2.75) is 0 Å². The molecule has 0 saturated carbocycles. The molecule has 0 heterocycles. The van der Waals surface area contributed by atoms with Gasteiger partial charge in [0.05, 0.1) is 0 Å². The van der Waals surface area contributed by atoms with Crippen molar-refractivity contribution in [3.63, 3.8) is 0 Å². The molecule has 6 heavy (non-hydrogen) atoms. The number of hydrogen-bond acceptors (Lipinski definition) is 0. The zero-order valence-electron chi connectivity index (χ0n) is 4.00. The Kier molecular flexibility index (Phi) is 1240. The van der Waals surface area contributed by atoms with Gasteiger partial charge in [-0.3, -0.25) is 0 Å². The SMILES string of the molecule is O.O.O.O.[Na].[Na]. The van der Waals surface area contributed by atoms with Gasteiger partial charge >= 0.3 is 0 Å². The third kappa shape index (κ3) is 40.4. The maximum Gasteiger partial charge on any atom is 0 e. The summed E-state index contributed by atoms with van der Waals surface area (Å²) in [6, 6.07) is 0. The first kappa shape index (κ1) is 108. The van der Waals surface area contributed by atoms with Crippen LogP contribution in [0.25, 0.3) is 0 Å². The molecule has 0 aliphatic carbocycles. The second kappa shape index (κ2) is 68.9. The van der Waals surface area contributed by atoms with E-state index < -0.39 is 0 Å². The van der Waals surface area contributed by atoms with E-state index >= 15 is 0 Å². The Balaban J connectivity index is 0. The van der Waals surface area contributed by atoms with Crippen molar-refractivity contribution < 1.29 is 21.9 Å². The largest absolute Gasteiger partial charge is 0.412 e. The molecule has 0 spiro atoms. The van der Waals surface area contributed by atoms with E-state index in [0.29, 0.717) is 0 Å². The zero-order chi connectivity index (χ0) is 0. The Morgan fingerprint density at radius 2 is 0.333 bits per heavy atom. The van der Waals surface area contributed by atoms with Crippen LogP contribution in [0.5, 0.6) is 0 Å². The molecule has 0 aromatic heterocycles. The van der Waals surface area contributed by atoms with E-state index in [-0.39, 0.29) is 81.0 Å². The number of rotatable bonds is 0. The maximum absolute atomic E-state index is 0. The van der Waals surface area contributed by atoms with Gasteiger partial charge in [0.2, 0.25) is 0 Å². The molecule has 0 bridgehead atoms. The van der Waals surface area contributed by atoms with Crippen molar-refractivity contribution in [3.8, 4) is 0 Å². The Bertz CT molecular complexity index is 5.51. The van der Waals surface area contributed by atoms with Crippen LogP contribution < -0.4 is 0 Å². The molecule has 0 aromatic carbocycles. The standard InChI is InChI=1S/2Na.4H2O/h;;4*1H2. The molecule has 8 N–H and O–H groups in total. The van der Waals surface area contributed by atoms with Crippen molar-refractivity contribution in [2.24, 2.45) is 0 Å². The summed E-state index contributed by atoms with van der Waals surface area (Å²) in [5, 5.41) is 0. The first-order valence-electron chi connectivity index (χ1n) is 0. The van der Waals surface area contributed by atoms with Crippen LogP contribution in [0.3, 0.4) is 0 Å². The second-order valence-electron chi connectivity index (χ2n) is 0. The van der Waals surface area contributed by atoms with Gasteiger partial charge in [0.25, 0.3) is 0 Å². The van der Waals surface area contributed by atoms with Crippen LogP contribution in [-0.2, 0) is 0 Å². The van der Waals surface area contributed by atoms with E-state index in [2.05, 4.69) is 0 Å². The minimum atomic E-state index is 0. The summed E-state index contributed by atoms with van der Waals surface area (Å²) < 4.78 is 0. The van der Waals surface area contributed by atoms with Gasteiger partial charge in [0.1, 0.15) is 0 Å². The third-order valence-electron chi connectivity index (χ3n) is 0. The molecule has 0 aromatic rings. The molecular weight excluding hydrogens is 110 g/mol. The second-order valence-corrected chi connectivity index (χ2v) is 0. The van der Waals surface area contributed by atoms with Gasteiger partial charge in [-0.25, -0.2) is 0 Å². The molecule has 0 rings (SSSR count). The molecule has 0 unspecified atom stereocenters. The van der Waals surface area contributed by atoms with E-state index in [0.717, 1.165) is 0 Å². The first-order valence-corrected chi connectivity index (χ1v) is 0. The van der Waals surface area contributed by atoms with Crippen molar-refractivity contribution in [1.29, 1.82) is 0 Å². The van der Waals surface area contributed by atoms with Crippen LogP contribution >= 0.6 is 0 Å². The summed E-state index contributed by atoms with van der Waals surface area (Å²) in [4.78, 5) is 0. The molecular formula is H8Na2O4. The Hall–Kier alpha value is 1.84. The van der Waals surface area contributed by atoms with E-state index in [9.17, 15) is 0 Å². The monoisotopic (exact) mass is 118 g/mol. The Morgan fingerprint density at radius 1 is 0.333 bits per heavy atom. The van der Waals surface area contributed by atoms with E-state index in [1.54, 1.807) is 0 Å². The topological polar surface area (TPSA) is 126 Å². The van der Waals surface area contributed by atoms with Crippen molar-refractivity contribution in [2.75, 3.05) is 0 Å². The van der Waals surface area contributed by atoms with Crippen LogP contribution in [0.1, 0.15) is 0 Å². The van der Waals surface area contributed by atoms with Crippen molar-refractivity contribution in [1.82, 2.24) is 0 Å². The van der Waals surface area contributed by atoms with Crippen LogP contribution in [0.2, 0.25) is 0 Å². The van der Waals surface area contributed by atoms with Crippen LogP contribution in [0.4, 0.5) is 0 Å². The average Bonchev–Trinajstić information content (AvgIpc) is 0. The molecule has 0 aliphatic heterocycles. The van der Waals surface area contributed by atoms with Crippen molar-refractivity contribution in [3.05, 3.63) is 0 Å². The van der Waals surface area contributed by atoms with Gasteiger partial charge in [-0.15, -0.1) is 0 Å². The average molecular weight is 118 g/mol. The molecule has 2 radical (unpaired) electrons. The van der Waals surface area contributed by atoms with Gasteiger partial charge in [-0.05, 0) is 0 Å². The molecule has 4 nitrogen and oxygen atoms in total. The summed E-state index contributed by atoms with van der Waals surface area (Å²) >= 11 is 0. The molecule has 0 amide bonds. The van der Waals surface area contributed by atoms with Gasteiger partial charge in [0, 0.05) is 59.1 Å². The smallest absolute Gasteiger partial charge is 0 e. The fraction of sp³-hybridized carbons (Fsp3) is 0. The molecule has 0 saturated heterocycles. The minimum Gasteiger partial charge on any atom is -0.412 e. The minimum absolute atomic E-state index is 0. The third-order valence-corrected chi connectivity index (χ3v) is 0. The summed E-state index contributed by atoms with van der Waals surface area (Å²) in [6.45, 7) is 0. The van der Waals surface area contributed by atoms with E-state index in [1.807, 2.05) is 0 Å². The summed E-state index contributed by atoms with van der Waals surface area (Å²) in [5.74, 6) is 0. The molecule has 0 aliphatic rings. The fourth-order valence-corrected chi connectivity index (χ4v) is 0. The molecule has 6 heteroatoms. The fourth-order valence-electron chi connectivity index (χ4n) is 0. The predicted molar refractivity (Wildman–Crippen MR) is 26.0 cm³/mol. The van der Waals surface area contributed by atoms with Gasteiger partial charge in [0.15, 0.2) is 0 Å². The van der Waals surface area contributed by atoms with Gasteiger partial charge in [-0.2, -0.15) is 0 Å². The normalized spacial score (nSPS) is 0. The zero-order valence-corrected chi connectivity index (χ0v) is 8.00. The molecule has 0 atom stereocenters. The van der Waals surface area contributed by atoms with Crippen molar-refractivity contribution >= 4 is 59.1 Å². The predicted octanol–water partition coefficient (Wildman–Crippen LogP) is -4.06. The maximum atomic E-state index is 0. The number of hydrogen-bond donors (Lipinski definition) is 0. The van der Waals surface area contributed by atoms with Gasteiger partial charge in [-0.1, -0.05) is 0 Å². The molecule has 34 valence electrons. The molecule has 0 fully saturated rings. The van der Waals surface area contributed by atoms with E-state index in [4.69, 9.17) is 0 Å². The van der Waals surface area contributed by atoms with Crippen LogP contribution in [0, 0.1) is 0 Å². The quantitative estimate of drug-likeness (QED) is 0.287. The van der Waals surface area contributed by atoms with E-state index in [1.165, 1.54) is 0 Å². The van der Waals surface area contributed by atoms with Gasteiger partial charge < -0.3 is 21.9 Å². The Labute approximate surface area is 80.1 Å². The van der Waals surface area contributed by atoms with Crippen LogP contribution in [0.15, 0.2) is 0 Å². The Morgan fingerprint density at radius 3 is 0.333 bits per heavy atom. The summed E-state index contributed by atoms with van der Waals surface area (Å²) in [6.07, 6.45) is 0. The summed E-state index contributed by atoms with van der Waals surface area (Å²) in [5.41, 5.74) is 0. The van der Waals surface area contributed by atoms with Crippen LogP contribution in [-0.4, -0.2) is 81.0 Å². The summed E-state index contributed by atoms with van der Waals surface area (Å²) in [7, 11) is 0. The first-order chi connectivity index (χ1) is 0.